The third-order valence-electron chi connectivity index (χ3n) is 12.5. The van der Waals surface area contributed by atoms with Gasteiger partial charge in [-0.2, -0.15) is 0 Å². The zero-order valence-electron chi connectivity index (χ0n) is 34.0. The molecule has 0 aliphatic carbocycles. The highest BCUT2D eigenvalue weighted by Crippen LogP contribution is 2.55. The molecule has 2 nitrogen and oxygen atoms in total. The summed E-state index contributed by atoms with van der Waals surface area (Å²) < 4.78 is 4.93. The van der Waals surface area contributed by atoms with Gasteiger partial charge in [0.05, 0.1) is 22.1 Å². The molecular weight excluding hydrogens is 749 g/mol. The highest BCUT2D eigenvalue weighted by molar-refractivity contribution is 6.29. The lowest BCUT2D eigenvalue weighted by atomic mass is 9.79. The lowest BCUT2D eigenvalue weighted by Crippen LogP contribution is -2.00. The molecule has 0 aliphatic heterocycles. The molecule has 0 bridgehead atoms. The molecule has 2 heteroatoms. The Bertz CT molecular complexity index is 3570. The van der Waals surface area contributed by atoms with Gasteiger partial charge in [-0.3, -0.25) is 0 Å². The van der Waals surface area contributed by atoms with Crippen molar-refractivity contribution in [2.75, 3.05) is 0 Å². The van der Waals surface area contributed by atoms with E-state index >= 15 is 0 Å². The first-order valence-corrected chi connectivity index (χ1v) is 21.4. The average Bonchev–Trinajstić information content (AvgIpc) is 3.88. The quantitative estimate of drug-likeness (QED) is 0.152. The molecule has 290 valence electrons. The van der Waals surface area contributed by atoms with Gasteiger partial charge < -0.3 is 9.13 Å². The Balaban J connectivity index is 1.32. The summed E-state index contributed by atoms with van der Waals surface area (Å²) in [6.45, 7) is 0. The number of hydrogen-bond donors (Lipinski definition) is 0. The number of hydrogen-bond acceptors (Lipinski definition) is 0. The third-order valence-corrected chi connectivity index (χ3v) is 12.5. The second-order valence-corrected chi connectivity index (χ2v) is 16.0. The lowest BCUT2D eigenvalue weighted by Gasteiger charge is -2.24. The van der Waals surface area contributed by atoms with Crippen LogP contribution < -0.4 is 0 Å². The summed E-state index contributed by atoms with van der Waals surface area (Å²) in [5.74, 6) is 0. The molecule has 0 fully saturated rings. The number of aromatic nitrogens is 2. The lowest BCUT2D eigenvalue weighted by molar-refractivity contribution is 1.18. The van der Waals surface area contributed by atoms with Gasteiger partial charge in [-0.15, -0.1) is 0 Å². The summed E-state index contributed by atoms with van der Waals surface area (Å²) in [7, 11) is 0. The standard InChI is InChI=1S/C60H40N2/c1-7-22-41(23-8-1)54-55(42-24-9-2-10-25-42)57(44-28-13-4-14-29-44)60-59(56(54)43-26-11-3-12-27-43)58-48(35-21-37-53(58)62(60)47-32-17-6-18-33-47)45-38-39-52-50(40-45)49-34-19-20-36-51(49)61(52)46-30-15-5-16-31-46/h1-40H. The van der Waals surface area contributed by atoms with E-state index in [0.29, 0.717) is 0 Å². The minimum atomic E-state index is 1.12. The average molecular weight is 789 g/mol. The van der Waals surface area contributed by atoms with E-state index in [1.807, 2.05) is 0 Å². The maximum Gasteiger partial charge on any atom is 0.0632 e. The maximum atomic E-state index is 2.53. The molecule has 0 saturated heterocycles. The fourth-order valence-electron chi connectivity index (χ4n) is 9.96. The van der Waals surface area contributed by atoms with Crippen LogP contribution >= 0.6 is 0 Å². The molecule has 10 aromatic carbocycles. The van der Waals surface area contributed by atoms with Gasteiger partial charge in [-0.1, -0.05) is 194 Å². The number of benzene rings is 10. The van der Waals surface area contributed by atoms with Crippen molar-refractivity contribution >= 4 is 43.6 Å². The van der Waals surface area contributed by atoms with Gasteiger partial charge >= 0.3 is 0 Å². The van der Waals surface area contributed by atoms with E-state index in [1.54, 1.807) is 0 Å². The normalized spacial score (nSPS) is 11.5. The molecule has 0 radical (unpaired) electrons. The van der Waals surface area contributed by atoms with Gasteiger partial charge in [-0.25, -0.2) is 0 Å². The summed E-state index contributed by atoms with van der Waals surface area (Å²) >= 11 is 0. The molecule has 2 aromatic heterocycles. The molecular formula is C60H40N2. The maximum absolute atomic E-state index is 2.53. The zero-order valence-corrected chi connectivity index (χ0v) is 34.0. The molecule has 0 spiro atoms. The van der Waals surface area contributed by atoms with E-state index < -0.39 is 0 Å². The topological polar surface area (TPSA) is 9.86 Å². The number of rotatable bonds is 7. The molecule has 0 atom stereocenters. The van der Waals surface area contributed by atoms with Crippen molar-refractivity contribution in [3.63, 3.8) is 0 Å². The van der Waals surface area contributed by atoms with E-state index in [2.05, 4.69) is 252 Å². The number of nitrogens with zero attached hydrogens (tertiary/aromatic N) is 2. The smallest absolute Gasteiger partial charge is 0.0632 e. The van der Waals surface area contributed by atoms with E-state index in [0.717, 1.165) is 16.9 Å². The van der Waals surface area contributed by atoms with Crippen molar-refractivity contribution in [3.8, 4) is 67.0 Å². The van der Waals surface area contributed by atoms with E-state index in [9.17, 15) is 0 Å². The first-order valence-electron chi connectivity index (χ1n) is 21.4. The Labute approximate surface area is 360 Å². The predicted molar refractivity (Wildman–Crippen MR) is 262 cm³/mol. The Hall–Kier alpha value is -8.20. The molecule has 0 amide bonds. The largest absolute Gasteiger partial charge is 0.309 e. The van der Waals surface area contributed by atoms with Crippen LogP contribution in [-0.2, 0) is 0 Å². The van der Waals surface area contributed by atoms with E-state index in [1.165, 1.54) is 93.7 Å². The summed E-state index contributed by atoms with van der Waals surface area (Å²) in [6, 6.07) is 88.5. The fraction of sp³-hybridized carbons (Fsp3) is 0. The fourth-order valence-corrected chi connectivity index (χ4v) is 9.96. The zero-order chi connectivity index (χ0) is 41.0. The molecule has 0 aliphatic rings. The highest BCUT2D eigenvalue weighted by Gasteiger charge is 2.30. The van der Waals surface area contributed by atoms with E-state index in [-0.39, 0.29) is 0 Å². The van der Waals surface area contributed by atoms with Crippen LogP contribution in [0.5, 0.6) is 0 Å². The second kappa shape index (κ2) is 14.8. The van der Waals surface area contributed by atoms with Crippen LogP contribution in [0.2, 0.25) is 0 Å². The summed E-state index contributed by atoms with van der Waals surface area (Å²) in [6.07, 6.45) is 0. The van der Waals surface area contributed by atoms with Crippen LogP contribution in [0.25, 0.3) is 111 Å². The van der Waals surface area contributed by atoms with E-state index in [4.69, 9.17) is 0 Å². The number of para-hydroxylation sites is 3. The SMILES string of the molecule is c1ccc(-c2c(-c3ccccc3)c(-c3ccccc3)c3c(c2-c2ccccc2)c2c(-c4ccc5c(c4)c4ccccc4n5-c4ccccc4)cccc2n3-c2ccccc2)cc1. The summed E-state index contributed by atoms with van der Waals surface area (Å²) in [5.41, 5.74) is 19.0. The van der Waals surface area contributed by atoms with Crippen LogP contribution in [0.3, 0.4) is 0 Å². The molecule has 0 unspecified atom stereocenters. The predicted octanol–water partition coefficient (Wildman–Crippen LogP) is 16.2. The van der Waals surface area contributed by atoms with Gasteiger partial charge in [0.2, 0.25) is 0 Å². The molecule has 2 heterocycles. The van der Waals surface area contributed by atoms with Crippen LogP contribution in [0.1, 0.15) is 0 Å². The van der Waals surface area contributed by atoms with Gasteiger partial charge in [0.25, 0.3) is 0 Å². The summed E-state index contributed by atoms with van der Waals surface area (Å²) in [4.78, 5) is 0. The first-order chi connectivity index (χ1) is 30.8. The van der Waals surface area contributed by atoms with Crippen molar-refractivity contribution in [2.24, 2.45) is 0 Å². The van der Waals surface area contributed by atoms with Crippen LogP contribution in [0.4, 0.5) is 0 Å². The monoisotopic (exact) mass is 788 g/mol. The van der Waals surface area contributed by atoms with Crippen molar-refractivity contribution in [3.05, 3.63) is 243 Å². The third kappa shape index (κ3) is 5.65. The summed E-state index contributed by atoms with van der Waals surface area (Å²) in [5, 5.41) is 4.93. The molecule has 0 N–H and O–H groups in total. The Morgan fingerprint density at radius 1 is 0.242 bits per heavy atom. The molecule has 62 heavy (non-hydrogen) atoms. The van der Waals surface area contributed by atoms with Crippen LogP contribution in [0, 0.1) is 0 Å². The highest BCUT2D eigenvalue weighted by atomic mass is 15.0. The second-order valence-electron chi connectivity index (χ2n) is 16.0. The molecule has 12 rings (SSSR count). The minimum absolute atomic E-state index is 1.12. The van der Waals surface area contributed by atoms with Crippen molar-refractivity contribution < 1.29 is 0 Å². The minimum Gasteiger partial charge on any atom is -0.309 e. The Kier molecular flexibility index (Phi) is 8.53. The van der Waals surface area contributed by atoms with Crippen molar-refractivity contribution in [1.82, 2.24) is 9.13 Å². The van der Waals surface area contributed by atoms with Crippen LogP contribution in [0.15, 0.2) is 243 Å². The van der Waals surface area contributed by atoms with Crippen LogP contribution in [-0.4, -0.2) is 9.13 Å². The van der Waals surface area contributed by atoms with Gasteiger partial charge in [0.15, 0.2) is 0 Å². The Morgan fingerprint density at radius 3 is 1.26 bits per heavy atom. The van der Waals surface area contributed by atoms with Gasteiger partial charge in [0, 0.05) is 49.6 Å². The Morgan fingerprint density at radius 2 is 0.677 bits per heavy atom. The van der Waals surface area contributed by atoms with Crippen molar-refractivity contribution in [1.29, 1.82) is 0 Å². The first kappa shape index (κ1) is 35.7. The molecule has 12 aromatic rings. The number of fused-ring (bicyclic) bond motifs is 6. The molecule has 0 saturated carbocycles. The van der Waals surface area contributed by atoms with Gasteiger partial charge in [0.1, 0.15) is 0 Å². The van der Waals surface area contributed by atoms with Gasteiger partial charge in [-0.05, 0) is 87.5 Å². The van der Waals surface area contributed by atoms with Crippen molar-refractivity contribution in [2.45, 2.75) is 0 Å².